The summed E-state index contributed by atoms with van der Waals surface area (Å²) in [4.78, 5) is 11.8. The number of aryl methyl sites for hydroxylation is 1. The van der Waals surface area contributed by atoms with Crippen LogP contribution in [0.15, 0.2) is 30.3 Å². The number of nitrogens with one attached hydrogen (secondary N) is 1. The molecule has 0 heterocycles. The average molecular weight is 283 g/mol. The van der Waals surface area contributed by atoms with Crippen molar-refractivity contribution in [3.63, 3.8) is 0 Å². The van der Waals surface area contributed by atoms with Gasteiger partial charge in [-0.05, 0) is 19.1 Å². The second-order valence-corrected chi connectivity index (χ2v) is 4.18. The highest BCUT2D eigenvalue weighted by Gasteiger charge is 2.16. The maximum absolute atomic E-state index is 13.5. The van der Waals surface area contributed by atoms with E-state index in [1.165, 1.54) is 12.1 Å². The van der Waals surface area contributed by atoms with E-state index in [2.05, 4.69) is 0 Å². The molecule has 0 atom stereocenters. The van der Waals surface area contributed by atoms with E-state index >= 15 is 0 Å². The van der Waals surface area contributed by atoms with Crippen LogP contribution in [0.2, 0.25) is 0 Å². The lowest BCUT2D eigenvalue weighted by atomic mass is 10.1. The van der Waals surface area contributed by atoms with E-state index in [0.717, 1.165) is 6.07 Å². The third-order valence-electron chi connectivity index (χ3n) is 2.62. The highest BCUT2D eigenvalue weighted by molar-refractivity contribution is 6.04. The fourth-order valence-corrected chi connectivity index (χ4v) is 1.62. The summed E-state index contributed by atoms with van der Waals surface area (Å²) in [5, 5.41) is 2.00. The molecular weight excluding hydrogens is 274 g/mol. The van der Waals surface area contributed by atoms with Crippen LogP contribution in [0.3, 0.4) is 0 Å². The molecule has 20 heavy (non-hydrogen) atoms. The van der Waals surface area contributed by atoms with Gasteiger partial charge in [0.15, 0.2) is 11.6 Å². The van der Waals surface area contributed by atoms with Crippen LogP contribution in [0.25, 0.3) is 0 Å². The standard InChI is InChI=1S/C14H9F4NO/c1-7-2-3-9(15)8(4-7)14(20)19-13-6-11(17)10(16)5-12(13)18/h2-6H,1H3,(H,19,20). The lowest BCUT2D eigenvalue weighted by molar-refractivity contribution is 0.102. The Balaban J connectivity index is 2.32. The highest BCUT2D eigenvalue weighted by atomic mass is 19.2. The molecule has 0 saturated heterocycles. The van der Waals surface area contributed by atoms with E-state index in [1.807, 2.05) is 5.32 Å². The summed E-state index contributed by atoms with van der Waals surface area (Å²) in [5.74, 6) is -5.58. The van der Waals surface area contributed by atoms with Gasteiger partial charge in [-0.3, -0.25) is 4.79 Å². The number of benzene rings is 2. The van der Waals surface area contributed by atoms with Gasteiger partial charge in [-0.15, -0.1) is 0 Å². The molecule has 1 amide bonds. The summed E-state index contributed by atoms with van der Waals surface area (Å²) in [5.41, 5.74) is -0.244. The van der Waals surface area contributed by atoms with E-state index in [0.29, 0.717) is 17.7 Å². The first-order chi connectivity index (χ1) is 9.38. The van der Waals surface area contributed by atoms with Crippen molar-refractivity contribution >= 4 is 11.6 Å². The zero-order chi connectivity index (χ0) is 14.9. The van der Waals surface area contributed by atoms with E-state index < -0.39 is 34.9 Å². The van der Waals surface area contributed by atoms with Crippen molar-refractivity contribution < 1.29 is 22.4 Å². The zero-order valence-corrected chi connectivity index (χ0v) is 10.3. The van der Waals surface area contributed by atoms with Crippen LogP contribution in [0.5, 0.6) is 0 Å². The quantitative estimate of drug-likeness (QED) is 0.659. The second-order valence-electron chi connectivity index (χ2n) is 4.18. The zero-order valence-electron chi connectivity index (χ0n) is 10.3. The fraction of sp³-hybridized carbons (Fsp3) is 0.0714. The summed E-state index contributed by atoms with van der Waals surface area (Å²) in [6.07, 6.45) is 0. The van der Waals surface area contributed by atoms with Gasteiger partial charge in [0.2, 0.25) is 0 Å². The smallest absolute Gasteiger partial charge is 0.258 e. The normalized spacial score (nSPS) is 10.4. The van der Waals surface area contributed by atoms with Gasteiger partial charge >= 0.3 is 0 Å². The molecule has 0 aliphatic heterocycles. The van der Waals surface area contributed by atoms with E-state index in [9.17, 15) is 22.4 Å². The van der Waals surface area contributed by atoms with Crippen LogP contribution in [0.1, 0.15) is 15.9 Å². The second kappa shape index (κ2) is 5.32. The Kier molecular flexibility index (Phi) is 3.74. The van der Waals surface area contributed by atoms with Crippen molar-refractivity contribution in [2.75, 3.05) is 5.32 Å². The first-order valence-corrected chi connectivity index (χ1v) is 5.60. The molecule has 2 rings (SSSR count). The number of hydrogen-bond acceptors (Lipinski definition) is 1. The molecule has 0 aliphatic rings. The largest absolute Gasteiger partial charge is 0.319 e. The number of carbonyl (C=O) groups excluding carboxylic acids is 1. The summed E-state index contributed by atoms with van der Waals surface area (Å²) in [6.45, 7) is 1.65. The molecule has 0 radical (unpaired) electrons. The maximum atomic E-state index is 13.5. The minimum Gasteiger partial charge on any atom is -0.319 e. The molecule has 0 aliphatic carbocycles. The summed E-state index contributed by atoms with van der Waals surface area (Å²) < 4.78 is 52.6. The Hall–Kier alpha value is -2.37. The van der Waals surface area contributed by atoms with Gasteiger partial charge in [-0.25, -0.2) is 17.6 Å². The van der Waals surface area contributed by atoms with Crippen LogP contribution in [0.4, 0.5) is 23.2 Å². The van der Waals surface area contributed by atoms with Gasteiger partial charge in [0.25, 0.3) is 5.91 Å². The minimum atomic E-state index is -1.37. The van der Waals surface area contributed by atoms with Crippen LogP contribution >= 0.6 is 0 Å². The molecule has 0 saturated carbocycles. The third-order valence-corrected chi connectivity index (χ3v) is 2.62. The van der Waals surface area contributed by atoms with Crippen LogP contribution in [-0.4, -0.2) is 5.91 Å². The van der Waals surface area contributed by atoms with Crippen LogP contribution in [-0.2, 0) is 0 Å². The van der Waals surface area contributed by atoms with Crippen molar-refractivity contribution in [3.05, 3.63) is 64.7 Å². The Labute approximate surface area is 112 Å². The summed E-state index contributed by atoms with van der Waals surface area (Å²) in [6, 6.07) is 4.62. The molecular formula is C14H9F4NO. The SMILES string of the molecule is Cc1ccc(F)c(C(=O)Nc2cc(F)c(F)cc2F)c1. The first kappa shape index (κ1) is 14.0. The summed E-state index contributed by atoms with van der Waals surface area (Å²) in [7, 11) is 0. The molecule has 0 fully saturated rings. The van der Waals surface area contributed by atoms with Crippen molar-refractivity contribution in [1.29, 1.82) is 0 Å². The molecule has 6 heteroatoms. The Bertz CT molecular complexity index is 685. The first-order valence-electron chi connectivity index (χ1n) is 5.60. The van der Waals surface area contributed by atoms with Crippen molar-refractivity contribution in [1.82, 2.24) is 0 Å². The Morgan fingerprint density at radius 3 is 2.25 bits per heavy atom. The topological polar surface area (TPSA) is 29.1 Å². The summed E-state index contributed by atoms with van der Waals surface area (Å²) >= 11 is 0. The van der Waals surface area contributed by atoms with E-state index in [-0.39, 0.29) is 5.56 Å². The molecule has 2 nitrogen and oxygen atoms in total. The molecule has 0 spiro atoms. The lowest BCUT2D eigenvalue weighted by Gasteiger charge is -2.08. The number of hydrogen-bond donors (Lipinski definition) is 1. The van der Waals surface area contributed by atoms with Crippen LogP contribution in [0, 0.1) is 30.2 Å². The van der Waals surface area contributed by atoms with Gasteiger partial charge in [0.05, 0.1) is 11.3 Å². The molecule has 2 aromatic carbocycles. The number of rotatable bonds is 2. The molecule has 0 unspecified atom stereocenters. The predicted octanol–water partition coefficient (Wildman–Crippen LogP) is 3.80. The molecule has 0 aromatic heterocycles. The van der Waals surface area contributed by atoms with Crippen molar-refractivity contribution in [2.24, 2.45) is 0 Å². The minimum absolute atomic E-state index is 0.303. The fourth-order valence-electron chi connectivity index (χ4n) is 1.62. The number of anilines is 1. The van der Waals surface area contributed by atoms with Crippen molar-refractivity contribution in [2.45, 2.75) is 6.92 Å². The van der Waals surface area contributed by atoms with Crippen molar-refractivity contribution in [3.8, 4) is 0 Å². The van der Waals surface area contributed by atoms with Gasteiger partial charge < -0.3 is 5.32 Å². The molecule has 0 bridgehead atoms. The molecule has 1 N–H and O–H groups in total. The monoisotopic (exact) mass is 283 g/mol. The highest BCUT2D eigenvalue weighted by Crippen LogP contribution is 2.20. The number of amides is 1. The number of carbonyl (C=O) groups is 1. The average Bonchev–Trinajstić information content (AvgIpc) is 2.38. The Morgan fingerprint density at radius 1 is 0.900 bits per heavy atom. The van der Waals surface area contributed by atoms with Gasteiger partial charge in [0, 0.05) is 12.1 Å². The Morgan fingerprint density at radius 2 is 1.55 bits per heavy atom. The van der Waals surface area contributed by atoms with Gasteiger partial charge in [-0.2, -0.15) is 0 Å². The third kappa shape index (κ3) is 2.79. The molecule has 104 valence electrons. The maximum Gasteiger partial charge on any atom is 0.258 e. The van der Waals surface area contributed by atoms with E-state index in [4.69, 9.17) is 0 Å². The predicted molar refractivity (Wildman–Crippen MR) is 65.4 cm³/mol. The van der Waals surface area contributed by atoms with Gasteiger partial charge in [0.1, 0.15) is 11.6 Å². The van der Waals surface area contributed by atoms with E-state index in [1.54, 1.807) is 6.92 Å². The lowest BCUT2D eigenvalue weighted by Crippen LogP contribution is -2.15. The van der Waals surface area contributed by atoms with Gasteiger partial charge in [-0.1, -0.05) is 11.6 Å². The molecule has 2 aromatic rings. The van der Waals surface area contributed by atoms with Crippen LogP contribution < -0.4 is 5.32 Å². The number of halogens is 4.